The van der Waals surface area contributed by atoms with Gasteiger partial charge in [0.2, 0.25) is 0 Å². The number of nitrogens with zero attached hydrogens (tertiary/aromatic N) is 3. The van der Waals surface area contributed by atoms with Crippen molar-refractivity contribution in [3.05, 3.63) is 32.9 Å². The van der Waals surface area contributed by atoms with Crippen LogP contribution >= 0.6 is 27.5 Å². The van der Waals surface area contributed by atoms with Gasteiger partial charge in [-0.05, 0) is 22.5 Å². The molecular formula is C7H2BrClFN3O. The molecule has 0 aliphatic heterocycles. The molecule has 1 aromatic heterocycles. The SMILES string of the molecule is [O-][n+]1nc(Cl)nc2c(F)cc(Br)cc21. The smallest absolute Gasteiger partial charge is 0.290 e. The molecule has 4 nitrogen and oxygen atoms in total. The molecule has 0 atom stereocenters. The van der Waals surface area contributed by atoms with Crippen LogP contribution in [0.15, 0.2) is 16.6 Å². The van der Waals surface area contributed by atoms with Crippen LogP contribution < -0.4 is 4.85 Å². The van der Waals surface area contributed by atoms with E-state index >= 15 is 0 Å². The largest absolute Gasteiger partial charge is 0.594 e. The number of benzene rings is 1. The van der Waals surface area contributed by atoms with E-state index in [1.807, 2.05) is 0 Å². The molecule has 7 heteroatoms. The van der Waals surface area contributed by atoms with E-state index in [1.54, 1.807) is 0 Å². The van der Waals surface area contributed by atoms with Crippen LogP contribution in [0.3, 0.4) is 0 Å². The minimum Gasteiger partial charge on any atom is -0.594 e. The van der Waals surface area contributed by atoms with Crippen molar-refractivity contribution in [2.45, 2.75) is 0 Å². The van der Waals surface area contributed by atoms with Crippen molar-refractivity contribution in [3.8, 4) is 0 Å². The Labute approximate surface area is 91.0 Å². The van der Waals surface area contributed by atoms with Gasteiger partial charge in [-0.15, -0.1) is 0 Å². The Morgan fingerprint density at radius 1 is 1.50 bits per heavy atom. The molecule has 72 valence electrons. The van der Waals surface area contributed by atoms with Gasteiger partial charge >= 0.3 is 0 Å². The fraction of sp³-hybridized carbons (Fsp3) is 0. The Balaban J connectivity index is 2.94. The van der Waals surface area contributed by atoms with E-state index in [4.69, 9.17) is 11.6 Å². The van der Waals surface area contributed by atoms with E-state index in [0.717, 1.165) is 0 Å². The van der Waals surface area contributed by atoms with E-state index in [9.17, 15) is 9.60 Å². The number of fused-ring (bicyclic) bond motifs is 1. The molecule has 0 radical (unpaired) electrons. The van der Waals surface area contributed by atoms with Gasteiger partial charge in [-0.2, -0.15) is 0 Å². The molecule has 0 saturated heterocycles. The molecule has 0 bridgehead atoms. The standard InChI is InChI=1S/C7H2BrClFN3O/c8-3-1-4(10)6-5(2-3)13(14)12-7(9)11-6/h1-2H. The molecule has 1 heterocycles. The third-order valence-electron chi connectivity index (χ3n) is 1.59. The summed E-state index contributed by atoms with van der Waals surface area (Å²) in [5, 5.41) is 14.2. The molecule has 1 aromatic carbocycles. The van der Waals surface area contributed by atoms with E-state index in [-0.39, 0.29) is 21.2 Å². The predicted octanol–water partition coefficient (Wildman–Crippen LogP) is 1.82. The monoisotopic (exact) mass is 277 g/mol. The second kappa shape index (κ2) is 3.29. The molecule has 0 N–H and O–H groups in total. The second-order valence-corrected chi connectivity index (χ2v) is 3.76. The summed E-state index contributed by atoms with van der Waals surface area (Å²) in [5.41, 5.74) is -0.0653. The maximum atomic E-state index is 13.3. The lowest BCUT2D eigenvalue weighted by molar-refractivity contribution is -0.643. The van der Waals surface area contributed by atoms with Gasteiger partial charge in [0.1, 0.15) is 0 Å². The highest BCUT2D eigenvalue weighted by Crippen LogP contribution is 2.19. The van der Waals surface area contributed by atoms with Crippen molar-refractivity contribution in [1.29, 1.82) is 0 Å². The normalized spacial score (nSPS) is 10.8. The highest BCUT2D eigenvalue weighted by atomic mass is 79.9. The lowest BCUT2D eigenvalue weighted by Crippen LogP contribution is -2.32. The zero-order chi connectivity index (χ0) is 10.3. The first-order chi connectivity index (χ1) is 6.58. The molecule has 0 unspecified atom stereocenters. The van der Waals surface area contributed by atoms with Crippen LogP contribution in [0.5, 0.6) is 0 Å². The number of halogens is 3. The van der Waals surface area contributed by atoms with E-state index in [2.05, 4.69) is 26.0 Å². The van der Waals surface area contributed by atoms with Crippen LogP contribution in [0, 0.1) is 11.0 Å². The van der Waals surface area contributed by atoms with Crippen LogP contribution in [-0.2, 0) is 0 Å². The molecular weight excluding hydrogens is 276 g/mol. The topological polar surface area (TPSA) is 52.7 Å². The van der Waals surface area contributed by atoms with Gasteiger partial charge in [0.15, 0.2) is 11.3 Å². The summed E-state index contributed by atoms with van der Waals surface area (Å²) in [6, 6.07) is 2.62. The summed E-state index contributed by atoms with van der Waals surface area (Å²) < 4.78 is 13.7. The van der Waals surface area contributed by atoms with Crippen LogP contribution in [0.25, 0.3) is 11.0 Å². The Morgan fingerprint density at radius 2 is 2.21 bits per heavy atom. The summed E-state index contributed by atoms with van der Waals surface area (Å²) in [6.45, 7) is 0. The molecule has 2 aromatic rings. The van der Waals surface area contributed by atoms with Gasteiger partial charge in [0.25, 0.3) is 10.8 Å². The van der Waals surface area contributed by atoms with E-state index in [0.29, 0.717) is 4.47 Å². The average Bonchev–Trinajstić information content (AvgIpc) is 2.07. The summed E-state index contributed by atoms with van der Waals surface area (Å²) in [4.78, 5) is 3.85. The fourth-order valence-electron chi connectivity index (χ4n) is 1.05. The van der Waals surface area contributed by atoms with Gasteiger partial charge in [-0.25, -0.2) is 9.37 Å². The molecule has 14 heavy (non-hydrogen) atoms. The van der Waals surface area contributed by atoms with Crippen LogP contribution in [0.4, 0.5) is 4.39 Å². The van der Waals surface area contributed by atoms with Crippen molar-refractivity contribution < 1.29 is 9.24 Å². The van der Waals surface area contributed by atoms with Crippen LogP contribution in [0.1, 0.15) is 0 Å². The molecule has 0 fully saturated rings. The third-order valence-corrected chi connectivity index (χ3v) is 2.21. The van der Waals surface area contributed by atoms with Crippen molar-refractivity contribution in [1.82, 2.24) is 10.1 Å². The van der Waals surface area contributed by atoms with Crippen molar-refractivity contribution in [2.24, 2.45) is 0 Å². The van der Waals surface area contributed by atoms with Crippen LogP contribution in [0.2, 0.25) is 5.28 Å². The molecule has 0 amide bonds. The highest BCUT2D eigenvalue weighted by molar-refractivity contribution is 9.10. The molecule has 2 rings (SSSR count). The highest BCUT2D eigenvalue weighted by Gasteiger charge is 2.14. The van der Waals surface area contributed by atoms with Gasteiger partial charge < -0.3 is 5.21 Å². The summed E-state index contributed by atoms with van der Waals surface area (Å²) in [5.74, 6) is -0.622. The number of hydrogen-bond acceptors (Lipinski definition) is 3. The molecule has 0 aliphatic rings. The number of aromatic nitrogens is 3. The first kappa shape index (κ1) is 9.54. The maximum absolute atomic E-state index is 13.3. The Hall–Kier alpha value is -1.01. The lowest BCUT2D eigenvalue weighted by atomic mass is 10.3. The zero-order valence-corrected chi connectivity index (χ0v) is 8.88. The van der Waals surface area contributed by atoms with Gasteiger partial charge in [-0.1, -0.05) is 15.9 Å². The number of rotatable bonds is 0. The first-order valence-corrected chi connectivity index (χ1v) is 4.67. The fourth-order valence-corrected chi connectivity index (χ4v) is 1.62. The average molecular weight is 278 g/mol. The van der Waals surface area contributed by atoms with Gasteiger partial charge in [-0.3, -0.25) is 0 Å². The summed E-state index contributed by atoms with van der Waals surface area (Å²) in [7, 11) is 0. The minimum absolute atomic E-state index is 0.0290. The number of hydrogen-bond donors (Lipinski definition) is 0. The second-order valence-electron chi connectivity index (χ2n) is 2.51. The third kappa shape index (κ3) is 1.51. The predicted molar refractivity (Wildman–Crippen MR) is 51.2 cm³/mol. The van der Waals surface area contributed by atoms with Gasteiger partial charge in [0.05, 0.1) is 0 Å². The molecule has 0 spiro atoms. The van der Waals surface area contributed by atoms with Gasteiger partial charge in [0, 0.05) is 15.6 Å². The first-order valence-electron chi connectivity index (χ1n) is 3.50. The Bertz CT molecular complexity index is 475. The molecule has 0 aliphatic carbocycles. The van der Waals surface area contributed by atoms with Crippen molar-refractivity contribution >= 4 is 38.6 Å². The lowest BCUT2D eigenvalue weighted by Gasteiger charge is -2.00. The summed E-state index contributed by atoms with van der Waals surface area (Å²) >= 11 is 8.47. The van der Waals surface area contributed by atoms with Crippen LogP contribution in [-0.4, -0.2) is 10.1 Å². The quantitative estimate of drug-likeness (QED) is 0.545. The van der Waals surface area contributed by atoms with E-state index in [1.165, 1.54) is 12.1 Å². The minimum atomic E-state index is -0.622. The molecule has 0 saturated carbocycles. The Morgan fingerprint density at radius 3 is 2.93 bits per heavy atom. The van der Waals surface area contributed by atoms with E-state index < -0.39 is 5.82 Å². The Kier molecular flexibility index (Phi) is 2.24. The maximum Gasteiger partial charge on any atom is 0.290 e. The summed E-state index contributed by atoms with van der Waals surface area (Å²) in [6.07, 6.45) is 0. The zero-order valence-electron chi connectivity index (χ0n) is 6.54. The van der Waals surface area contributed by atoms with Crippen molar-refractivity contribution in [2.75, 3.05) is 0 Å². The van der Waals surface area contributed by atoms with Crippen molar-refractivity contribution in [3.63, 3.8) is 0 Å².